The summed E-state index contributed by atoms with van der Waals surface area (Å²) < 4.78 is 11.0. The highest BCUT2D eigenvalue weighted by Crippen LogP contribution is 2.32. The molecule has 104 valence electrons. The van der Waals surface area contributed by atoms with Crippen molar-refractivity contribution in [3.63, 3.8) is 0 Å². The fraction of sp³-hybridized carbons (Fsp3) is 0.846. The molecule has 2 N–H and O–H groups in total. The van der Waals surface area contributed by atoms with Crippen molar-refractivity contribution in [2.24, 2.45) is 11.1 Å². The zero-order valence-corrected chi connectivity index (χ0v) is 12.3. The quantitative estimate of drug-likeness (QED) is 0.875. The second kappa shape index (κ2) is 5.36. The standard InChI is InChI=1S/C13H25N3O2/c1-7-13(6,17-8-2)11-15-10(18-16-11)9(14)12(3,4)5/h9H,7-8,14H2,1-6H3/t9-,13?/m0/s1. The Hall–Kier alpha value is -0.940. The molecule has 0 bridgehead atoms. The van der Waals surface area contributed by atoms with Gasteiger partial charge in [0.15, 0.2) is 0 Å². The normalized spacial score (nSPS) is 17.5. The molecule has 0 radical (unpaired) electrons. The van der Waals surface area contributed by atoms with E-state index in [9.17, 15) is 0 Å². The topological polar surface area (TPSA) is 74.2 Å². The monoisotopic (exact) mass is 255 g/mol. The fourth-order valence-corrected chi connectivity index (χ4v) is 1.59. The van der Waals surface area contributed by atoms with Gasteiger partial charge in [-0.05, 0) is 25.7 Å². The number of rotatable bonds is 5. The lowest BCUT2D eigenvalue weighted by Gasteiger charge is -2.25. The number of hydrogen-bond donors (Lipinski definition) is 1. The highest BCUT2D eigenvalue weighted by molar-refractivity contribution is 5.03. The molecule has 1 unspecified atom stereocenters. The van der Waals surface area contributed by atoms with Crippen LogP contribution in [0.25, 0.3) is 0 Å². The van der Waals surface area contributed by atoms with Gasteiger partial charge in [-0.1, -0.05) is 32.9 Å². The number of nitrogens with two attached hydrogens (primary N) is 1. The van der Waals surface area contributed by atoms with Crippen molar-refractivity contribution in [3.05, 3.63) is 11.7 Å². The second-order valence-corrected chi connectivity index (χ2v) is 5.82. The summed E-state index contributed by atoms with van der Waals surface area (Å²) in [5.41, 5.74) is 5.49. The minimum Gasteiger partial charge on any atom is -0.367 e. The van der Waals surface area contributed by atoms with Gasteiger partial charge < -0.3 is 15.0 Å². The van der Waals surface area contributed by atoms with Crippen LogP contribution in [0.4, 0.5) is 0 Å². The summed E-state index contributed by atoms with van der Waals surface area (Å²) in [4.78, 5) is 4.41. The molecule has 0 aliphatic heterocycles. The number of aromatic nitrogens is 2. The Morgan fingerprint density at radius 2 is 1.89 bits per heavy atom. The van der Waals surface area contributed by atoms with E-state index in [4.69, 9.17) is 15.0 Å². The van der Waals surface area contributed by atoms with E-state index in [1.807, 2.05) is 41.5 Å². The summed E-state index contributed by atoms with van der Waals surface area (Å²) in [6.07, 6.45) is 0.782. The predicted octanol–water partition coefficient (Wildman–Crippen LogP) is 2.78. The molecule has 0 saturated carbocycles. The van der Waals surface area contributed by atoms with Gasteiger partial charge in [-0.25, -0.2) is 0 Å². The maximum absolute atomic E-state index is 6.11. The van der Waals surface area contributed by atoms with Crippen LogP contribution in [0.3, 0.4) is 0 Å². The van der Waals surface area contributed by atoms with Crippen LogP contribution in [0.5, 0.6) is 0 Å². The Labute approximate surface area is 109 Å². The van der Waals surface area contributed by atoms with Crippen LogP contribution in [0.2, 0.25) is 0 Å². The largest absolute Gasteiger partial charge is 0.367 e. The molecular formula is C13H25N3O2. The smallest absolute Gasteiger partial charge is 0.244 e. The van der Waals surface area contributed by atoms with Crippen molar-refractivity contribution in [3.8, 4) is 0 Å². The van der Waals surface area contributed by atoms with Gasteiger partial charge in [0.1, 0.15) is 5.60 Å². The molecule has 0 saturated heterocycles. The van der Waals surface area contributed by atoms with Crippen LogP contribution < -0.4 is 5.73 Å². The highest BCUT2D eigenvalue weighted by atomic mass is 16.5. The predicted molar refractivity (Wildman–Crippen MR) is 70.0 cm³/mol. The summed E-state index contributed by atoms with van der Waals surface area (Å²) >= 11 is 0. The average molecular weight is 255 g/mol. The summed E-state index contributed by atoms with van der Waals surface area (Å²) in [5, 5.41) is 4.02. The first-order chi connectivity index (χ1) is 8.24. The zero-order valence-electron chi connectivity index (χ0n) is 12.3. The summed E-state index contributed by atoms with van der Waals surface area (Å²) in [7, 11) is 0. The van der Waals surface area contributed by atoms with Crippen LogP contribution in [0.15, 0.2) is 4.52 Å². The van der Waals surface area contributed by atoms with Crippen LogP contribution in [0.1, 0.15) is 65.7 Å². The molecule has 5 heteroatoms. The van der Waals surface area contributed by atoms with Crippen molar-refractivity contribution in [1.29, 1.82) is 0 Å². The molecule has 1 aromatic heterocycles. The second-order valence-electron chi connectivity index (χ2n) is 5.82. The molecule has 5 nitrogen and oxygen atoms in total. The van der Waals surface area contributed by atoms with Crippen molar-refractivity contribution in [2.75, 3.05) is 6.61 Å². The van der Waals surface area contributed by atoms with Crippen molar-refractivity contribution >= 4 is 0 Å². The van der Waals surface area contributed by atoms with Crippen LogP contribution >= 0.6 is 0 Å². The van der Waals surface area contributed by atoms with Crippen molar-refractivity contribution < 1.29 is 9.26 Å². The fourth-order valence-electron chi connectivity index (χ4n) is 1.59. The van der Waals surface area contributed by atoms with Crippen LogP contribution in [0, 0.1) is 5.41 Å². The Kier molecular flexibility index (Phi) is 4.50. The molecular weight excluding hydrogens is 230 g/mol. The lowest BCUT2D eigenvalue weighted by atomic mass is 9.87. The van der Waals surface area contributed by atoms with E-state index in [-0.39, 0.29) is 11.5 Å². The van der Waals surface area contributed by atoms with E-state index in [1.54, 1.807) is 0 Å². The maximum Gasteiger partial charge on any atom is 0.244 e. The molecule has 2 atom stereocenters. The van der Waals surface area contributed by atoms with Gasteiger partial charge in [0.25, 0.3) is 0 Å². The molecule has 1 heterocycles. The number of hydrogen-bond acceptors (Lipinski definition) is 5. The SMILES string of the molecule is CCOC(C)(CC)c1noc([C@H](N)C(C)(C)C)n1. The number of ether oxygens (including phenoxy) is 1. The van der Waals surface area contributed by atoms with Crippen LogP contribution in [-0.4, -0.2) is 16.7 Å². The Balaban J connectivity index is 2.99. The molecule has 18 heavy (non-hydrogen) atoms. The average Bonchev–Trinajstić information content (AvgIpc) is 2.76. The molecule has 1 aromatic rings. The van der Waals surface area contributed by atoms with Gasteiger partial charge in [0.2, 0.25) is 11.7 Å². The number of nitrogens with zero attached hydrogens (tertiary/aromatic N) is 2. The van der Waals surface area contributed by atoms with Gasteiger partial charge in [0.05, 0.1) is 6.04 Å². The minimum atomic E-state index is -0.506. The van der Waals surface area contributed by atoms with E-state index in [0.29, 0.717) is 18.3 Å². The Bertz CT molecular complexity index is 384. The zero-order chi connectivity index (χ0) is 14.0. The van der Waals surface area contributed by atoms with Gasteiger partial charge in [-0.15, -0.1) is 0 Å². The molecule has 1 rings (SSSR count). The molecule has 0 amide bonds. The molecule has 0 aromatic carbocycles. The van der Waals surface area contributed by atoms with E-state index in [1.165, 1.54) is 0 Å². The van der Waals surface area contributed by atoms with Gasteiger partial charge in [-0.2, -0.15) is 4.98 Å². The third-order valence-corrected chi connectivity index (χ3v) is 3.25. The van der Waals surface area contributed by atoms with Gasteiger partial charge in [-0.3, -0.25) is 0 Å². The summed E-state index contributed by atoms with van der Waals surface area (Å²) in [6, 6.07) is -0.276. The van der Waals surface area contributed by atoms with E-state index >= 15 is 0 Å². The highest BCUT2D eigenvalue weighted by Gasteiger charge is 2.34. The lowest BCUT2D eigenvalue weighted by Crippen LogP contribution is -2.28. The summed E-state index contributed by atoms with van der Waals surface area (Å²) in [5.74, 6) is 1.04. The van der Waals surface area contributed by atoms with Gasteiger partial charge >= 0.3 is 0 Å². The van der Waals surface area contributed by atoms with Crippen molar-refractivity contribution in [1.82, 2.24) is 10.1 Å². The summed E-state index contributed by atoms with van der Waals surface area (Å²) in [6.45, 7) is 12.7. The minimum absolute atomic E-state index is 0.113. The first-order valence-corrected chi connectivity index (χ1v) is 6.48. The third kappa shape index (κ3) is 3.09. The Morgan fingerprint density at radius 1 is 1.28 bits per heavy atom. The molecule has 0 aliphatic carbocycles. The molecule has 0 fully saturated rings. The lowest BCUT2D eigenvalue weighted by molar-refractivity contribution is -0.0403. The maximum atomic E-state index is 6.11. The van der Waals surface area contributed by atoms with Crippen LogP contribution in [-0.2, 0) is 10.3 Å². The van der Waals surface area contributed by atoms with E-state index in [0.717, 1.165) is 6.42 Å². The van der Waals surface area contributed by atoms with E-state index < -0.39 is 5.60 Å². The molecule has 0 aliphatic rings. The first-order valence-electron chi connectivity index (χ1n) is 6.48. The Morgan fingerprint density at radius 3 is 2.33 bits per heavy atom. The molecule has 0 spiro atoms. The first kappa shape index (κ1) is 15.1. The third-order valence-electron chi connectivity index (χ3n) is 3.25. The van der Waals surface area contributed by atoms with Gasteiger partial charge in [0, 0.05) is 6.61 Å². The van der Waals surface area contributed by atoms with Crippen molar-refractivity contribution in [2.45, 2.75) is 59.6 Å². The van der Waals surface area contributed by atoms with E-state index in [2.05, 4.69) is 10.1 Å².